The lowest BCUT2D eigenvalue weighted by atomic mass is 10.1. The highest BCUT2D eigenvalue weighted by Gasteiger charge is 2.21. The molecule has 1 aromatic rings. The van der Waals surface area contributed by atoms with Crippen LogP contribution >= 0.6 is 15.9 Å². The van der Waals surface area contributed by atoms with Crippen LogP contribution in [0.5, 0.6) is 5.75 Å². The molecule has 3 heteroatoms. The van der Waals surface area contributed by atoms with Gasteiger partial charge in [-0.05, 0) is 30.8 Å². The standard InChI is InChI=1S/C10H12BrNO/c1-12-6-9-5-7-4-8(11)2-3-10(7)13-9/h2-4,9,12H,5-6H2,1H3. The molecule has 0 aromatic heterocycles. The number of likely N-dealkylation sites (N-methyl/N-ethyl adjacent to an activating group) is 1. The molecule has 0 saturated carbocycles. The molecule has 0 aliphatic carbocycles. The molecule has 2 nitrogen and oxygen atoms in total. The lowest BCUT2D eigenvalue weighted by molar-refractivity contribution is 0.231. The molecule has 0 spiro atoms. The van der Waals surface area contributed by atoms with Crippen molar-refractivity contribution in [2.75, 3.05) is 13.6 Å². The third kappa shape index (κ3) is 1.86. The predicted octanol–water partition coefficient (Wildman–Crippen LogP) is 1.97. The van der Waals surface area contributed by atoms with E-state index in [1.807, 2.05) is 19.2 Å². The summed E-state index contributed by atoms with van der Waals surface area (Å²) >= 11 is 3.45. The van der Waals surface area contributed by atoms with E-state index in [-0.39, 0.29) is 0 Å². The fraction of sp³-hybridized carbons (Fsp3) is 0.400. The summed E-state index contributed by atoms with van der Waals surface area (Å²) in [4.78, 5) is 0. The number of hydrogen-bond donors (Lipinski definition) is 1. The number of benzene rings is 1. The highest BCUT2D eigenvalue weighted by Crippen LogP contribution is 2.30. The maximum Gasteiger partial charge on any atom is 0.123 e. The molecule has 70 valence electrons. The topological polar surface area (TPSA) is 21.3 Å². The van der Waals surface area contributed by atoms with Crippen LogP contribution < -0.4 is 10.1 Å². The maximum absolute atomic E-state index is 5.72. The predicted molar refractivity (Wildman–Crippen MR) is 56.2 cm³/mol. The second kappa shape index (κ2) is 3.68. The molecule has 1 aromatic carbocycles. The van der Waals surface area contributed by atoms with Gasteiger partial charge in [0.1, 0.15) is 11.9 Å². The van der Waals surface area contributed by atoms with E-state index in [1.54, 1.807) is 0 Å². The van der Waals surface area contributed by atoms with Crippen molar-refractivity contribution in [2.24, 2.45) is 0 Å². The molecule has 1 N–H and O–H groups in total. The number of hydrogen-bond acceptors (Lipinski definition) is 2. The highest BCUT2D eigenvalue weighted by atomic mass is 79.9. The monoisotopic (exact) mass is 241 g/mol. The molecule has 0 radical (unpaired) electrons. The zero-order valence-corrected chi connectivity index (χ0v) is 9.10. The van der Waals surface area contributed by atoms with Gasteiger partial charge in [-0.1, -0.05) is 15.9 Å². The SMILES string of the molecule is CNCC1Cc2cc(Br)ccc2O1. The lowest BCUT2D eigenvalue weighted by Gasteiger charge is -2.08. The van der Waals surface area contributed by atoms with E-state index >= 15 is 0 Å². The van der Waals surface area contributed by atoms with Crippen LogP contribution in [-0.4, -0.2) is 19.7 Å². The van der Waals surface area contributed by atoms with Crippen molar-refractivity contribution in [3.8, 4) is 5.75 Å². The largest absolute Gasteiger partial charge is 0.488 e. The summed E-state index contributed by atoms with van der Waals surface area (Å²) in [5.41, 5.74) is 1.30. The smallest absolute Gasteiger partial charge is 0.123 e. The van der Waals surface area contributed by atoms with Crippen molar-refractivity contribution in [3.05, 3.63) is 28.2 Å². The molecule has 1 aliphatic rings. The minimum atomic E-state index is 0.300. The molecule has 1 heterocycles. The second-order valence-electron chi connectivity index (χ2n) is 3.25. The van der Waals surface area contributed by atoms with Crippen LogP contribution in [0.25, 0.3) is 0 Å². The first-order chi connectivity index (χ1) is 6.29. The van der Waals surface area contributed by atoms with Gasteiger partial charge in [0.25, 0.3) is 0 Å². The minimum absolute atomic E-state index is 0.300. The van der Waals surface area contributed by atoms with Crippen LogP contribution in [0.15, 0.2) is 22.7 Å². The minimum Gasteiger partial charge on any atom is -0.488 e. The summed E-state index contributed by atoms with van der Waals surface area (Å²) in [6, 6.07) is 6.17. The van der Waals surface area contributed by atoms with Crippen molar-refractivity contribution >= 4 is 15.9 Å². The third-order valence-electron chi connectivity index (χ3n) is 2.20. The Balaban J connectivity index is 2.16. The lowest BCUT2D eigenvalue weighted by Crippen LogP contribution is -2.27. The van der Waals surface area contributed by atoms with Crippen molar-refractivity contribution in [2.45, 2.75) is 12.5 Å². The molecule has 13 heavy (non-hydrogen) atoms. The first-order valence-electron chi connectivity index (χ1n) is 4.39. The normalized spacial score (nSPS) is 19.7. The van der Waals surface area contributed by atoms with Crippen LogP contribution in [0, 0.1) is 0 Å². The molecular formula is C10H12BrNO. The summed E-state index contributed by atoms with van der Waals surface area (Å²) in [7, 11) is 1.95. The average molecular weight is 242 g/mol. The molecule has 2 rings (SSSR count). The average Bonchev–Trinajstić information content (AvgIpc) is 2.46. The van der Waals surface area contributed by atoms with Gasteiger partial charge in [0, 0.05) is 17.4 Å². The zero-order chi connectivity index (χ0) is 9.26. The van der Waals surface area contributed by atoms with Gasteiger partial charge in [0.15, 0.2) is 0 Å². The van der Waals surface area contributed by atoms with Crippen molar-refractivity contribution < 1.29 is 4.74 Å². The summed E-state index contributed by atoms with van der Waals surface area (Å²) in [5, 5.41) is 3.12. The number of halogens is 1. The van der Waals surface area contributed by atoms with Gasteiger partial charge in [-0.2, -0.15) is 0 Å². The van der Waals surface area contributed by atoms with Gasteiger partial charge in [-0.15, -0.1) is 0 Å². The highest BCUT2D eigenvalue weighted by molar-refractivity contribution is 9.10. The van der Waals surface area contributed by atoms with E-state index in [0.29, 0.717) is 6.10 Å². The van der Waals surface area contributed by atoms with E-state index in [2.05, 4.69) is 27.3 Å². The number of nitrogens with one attached hydrogen (secondary N) is 1. The van der Waals surface area contributed by atoms with Crippen LogP contribution in [0.2, 0.25) is 0 Å². The first kappa shape index (κ1) is 9.03. The Labute approximate surface area is 86.4 Å². The Morgan fingerprint density at radius 1 is 1.62 bits per heavy atom. The van der Waals surface area contributed by atoms with Gasteiger partial charge in [-0.3, -0.25) is 0 Å². The van der Waals surface area contributed by atoms with E-state index in [9.17, 15) is 0 Å². The van der Waals surface area contributed by atoms with E-state index in [4.69, 9.17) is 4.74 Å². The molecule has 0 bridgehead atoms. The molecule has 0 fully saturated rings. The van der Waals surface area contributed by atoms with Gasteiger partial charge in [0.05, 0.1) is 0 Å². The number of rotatable bonds is 2. The summed E-state index contributed by atoms with van der Waals surface area (Å²) in [6.07, 6.45) is 1.31. The van der Waals surface area contributed by atoms with Crippen LogP contribution in [0.4, 0.5) is 0 Å². The van der Waals surface area contributed by atoms with Crippen LogP contribution in [-0.2, 0) is 6.42 Å². The number of fused-ring (bicyclic) bond motifs is 1. The molecule has 1 atom stereocenters. The van der Waals surface area contributed by atoms with Gasteiger partial charge < -0.3 is 10.1 Å². The molecule has 0 saturated heterocycles. The van der Waals surface area contributed by atoms with Gasteiger partial charge in [0.2, 0.25) is 0 Å². The zero-order valence-electron chi connectivity index (χ0n) is 7.51. The Morgan fingerprint density at radius 3 is 3.23 bits per heavy atom. The first-order valence-corrected chi connectivity index (χ1v) is 5.18. The maximum atomic E-state index is 5.72. The quantitative estimate of drug-likeness (QED) is 0.856. The molecular weight excluding hydrogens is 230 g/mol. The fourth-order valence-corrected chi connectivity index (χ4v) is 2.04. The summed E-state index contributed by atoms with van der Waals surface area (Å²) < 4.78 is 6.84. The van der Waals surface area contributed by atoms with E-state index in [1.165, 1.54) is 5.56 Å². The molecule has 0 amide bonds. The fourth-order valence-electron chi connectivity index (χ4n) is 1.63. The number of ether oxygens (including phenoxy) is 1. The summed E-state index contributed by atoms with van der Waals surface area (Å²) in [6.45, 7) is 0.909. The Hall–Kier alpha value is -0.540. The second-order valence-corrected chi connectivity index (χ2v) is 4.17. The van der Waals surface area contributed by atoms with Crippen molar-refractivity contribution in [1.82, 2.24) is 5.32 Å². The van der Waals surface area contributed by atoms with Gasteiger partial charge in [-0.25, -0.2) is 0 Å². The summed E-state index contributed by atoms with van der Waals surface area (Å²) in [5.74, 6) is 1.03. The Bertz CT molecular complexity index is 314. The van der Waals surface area contributed by atoms with Crippen molar-refractivity contribution in [1.29, 1.82) is 0 Å². The molecule has 1 aliphatic heterocycles. The Morgan fingerprint density at radius 2 is 2.46 bits per heavy atom. The Kier molecular flexibility index (Phi) is 2.56. The molecule has 1 unspecified atom stereocenters. The van der Waals surface area contributed by atoms with E-state index < -0.39 is 0 Å². The van der Waals surface area contributed by atoms with Crippen molar-refractivity contribution in [3.63, 3.8) is 0 Å². The van der Waals surface area contributed by atoms with Crippen LogP contribution in [0.3, 0.4) is 0 Å². The van der Waals surface area contributed by atoms with E-state index in [0.717, 1.165) is 23.2 Å². The third-order valence-corrected chi connectivity index (χ3v) is 2.69. The van der Waals surface area contributed by atoms with Gasteiger partial charge >= 0.3 is 0 Å². The van der Waals surface area contributed by atoms with Crippen LogP contribution in [0.1, 0.15) is 5.56 Å².